The van der Waals surface area contributed by atoms with Crippen LogP contribution in [0.1, 0.15) is 16.3 Å². The van der Waals surface area contributed by atoms with E-state index in [4.69, 9.17) is 9.78 Å². The van der Waals surface area contributed by atoms with Gasteiger partial charge in [0.2, 0.25) is 0 Å². The molecule has 4 nitrogen and oxygen atoms in total. The number of benzene rings is 1. The van der Waals surface area contributed by atoms with Gasteiger partial charge in [-0.3, -0.25) is 0 Å². The van der Waals surface area contributed by atoms with Gasteiger partial charge in [0.15, 0.2) is 5.82 Å². The molecule has 3 rings (SSSR count). The summed E-state index contributed by atoms with van der Waals surface area (Å²) >= 11 is 1.29. The maximum atomic E-state index is 13.1. The van der Waals surface area contributed by atoms with Gasteiger partial charge < -0.3 is 4.52 Å². The molecule has 2 aromatic heterocycles. The lowest BCUT2D eigenvalue weighted by Gasteiger charge is -1.95. The molecule has 0 bridgehead atoms. The lowest BCUT2D eigenvalue weighted by molar-refractivity contribution is 0.424. The molecular weight excluding hydrogens is 277 g/mol. The standard InChI is InChI=1S/C14H8FN3OS/c15-10-3-1-2-9(6-10)7-13-17-14(19-18-13)12-5-4-11(8-16)20-12/h1-6H,7H2. The first-order valence-electron chi connectivity index (χ1n) is 5.82. The smallest absolute Gasteiger partial charge is 0.268 e. The van der Waals surface area contributed by atoms with E-state index in [0.717, 1.165) is 10.4 Å². The number of rotatable bonds is 3. The number of thiophene rings is 1. The van der Waals surface area contributed by atoms with Crippen LogP contribution in [0.2, 0.25) is 0 Å². The first kappa shape index (κ1) is 12.5. The minimum atomic E-state index is -0.289. The molecule has 0 saturated carbocycles. The van der Waals surface area contributed by atoms with Crippen LogP contribution in [0.15, 0.2) is 40.9 Å². The van der Waals surface area contributed by atoms with Gasteiger partial charge in [-0.1, -0.05) is 17.3 Å². The predicted octanol–water partition coefficient (Wildman–Crippen LogP) is 3.40. The molecule has 0 fully saturated rings. The summed E-state index contributed by atoms with van der Waals surface area (Å²) in [7, 11) is 0. The van der Waals surface area contributed by atoms with Gasteiger partial charge in [0.1, 0.15) is 16.8 Å². The fourth-order valence-electron chi connectivity index (χ4n) is 1.77. The molecule has 20 heavy (non-hydrogen) atoms. The van der Waals surface area contributed by atoms with E-state index < -0.39 is 0 Å². The second-order valence-corrected chi connectivity index (χ2v) is 5.18. The molecule has 6 heteroatoms. The maximum Gasteiger partial charge on any atom is 0.268 e. The van der Waals surface area contributed by atoms with Crippen molar-refractivity contribution >= 4 is 11.3 Å². The van der Waals surface area contributed by atoms with Crippen LogP contribution in [0.4, 0.5) is 4.39 Å². The summed E-state index contributed by atoms with van der Waals surface area (Å²) < 4.78 is 18.2. The Hall–Kier alpha value is -2.52. The van der Waals surface area contributed by atoms with Crippen molar-refractivity contribution in [3.63, 3.8) is 0 Å². The lowest BCUT2D eigenvalue weighted by atomic mass is 10.1. The molecule has 1 aromatic carbocycles. The second kappa shape index (κ2) is 5.23. The third kappa shape index (κ3) is 2.58. The third-order valence-corrected chi connectivity index (χ3v) is 3.62. The molecule has 0 radical (unpaired) electrons. The Bertz CT molecular complexity index is 788. The van der Waals surface area contributed by atoms with Crippen LogP contribution in [0.3, 0.4) is 0 Å². The van der Waals surface area contributed by atoms with Crippen molar-refractivity contribution in [3.8, 4) is 16.8 Å². The third-order valence-electron chi connectivity index (χ3n) is 2.65. The normalized spacial score (nSPS) is 10.4. The van der Waals surface area contributed by atoms with Crippen molar-refractivity contribution < 1.29 is 8.91 Å². The van der Waals surface area contributed by atoms with Gasteiger partial charge in [0.05, 0.1) is 4.88 Å². The highest BCUT2D eigenvalue weighted by Crippen LogP contribution is 2.26. The van der Waals surface area contributed by atoms with E-state index in [1.165, 1.54) is 23.5 Å². The van der Waals surface area contributed by atoms with Crippen molar-refractivity contribution in [1.29, 1.82) is 5.26 Å². The summed E-state index contributed by atoms with van der Waals surface area (Å²) in [5.41, 5.74) is 0.779. The molecule has 0 atom stereocenters. The van der Waals surface area contributed by atoms with E-state index in [1.807, 2.05) is 0 Å². The minimum absolute atomic E-state index is 0.289. The number of halogens is 1. The van der Waals surface area contributed by atoms with Crippen molar-refractivity contribution in [2.24, 2.45) is 0 Å². The zero-order chi connectivity index (χ0) is 13.9. The van der Waals surface area contributed by atoms with E-state index >= 15 is 0 Å². The van der Waals surface area contributed by atoms with Crippen molar-refractivity contribution in [2.75, 3.05) is 0 Å². The summed E-state index contributed by atoms with van der Waals surface area (Å²) in [6.45, 7) is 0. The Balaban J connectivity index is 1.82. The number of aromatic nitrogens is 2. The second-order valence-electron chi connectivity index (χ2n) is 4.10. The summed E-state index contributed by atoms with van der Waals surface area (Å²) in [4.78, 5) is 5.59. The van der Waals surface area contributed by atoms with Crippen LogP contribution in [0, 0.1) is 17.1 Å². The van der Waals surface area contributed by atoms with Gasteiger partial charge in [0, 0.05) is 6.42 Å². The highest BCUT2D eigenvalue weighted by molar-refractivity contribution is 7.15. The fourth-order valence-corrected chi connectivity index (χ4v) is 2.49. The van der Waals surface area contributed by atoms with Crippen LogP contribution in [0.5, 0.6) is 0 Å². The monoisotopic (exact) mass is 285 g/mol. The highest BCUT2D eigenvalue weighted by Gasteiger charge is 2.12. The fraction of sp³-hybridized carbons (Fsp3) is 0.0714. The van der Waals surface area contributed by atoms with Gasteiger partial charge in [-0.2, -0.15) is 10.2 Å². The predicted molar refractivity (Wildman–Crippen MR) is 71.5 cm³/mol. The van der Waals surface area contributed by atoms with Crippen LogP contribution >= 0.6 is 11.3 Å². The summed E-state index contributed by atoms with van der Waals surface area (Å²) in [5, 5.41) is 12.6. The Kier molecular flexibility index (Phi) is 3.27. The SMILES string of the molecule is N#Cc1ccc(-c2nc(Cc3cccc(F)c3)no2)s1. The van der Waals surface area contributed by atoms with E-state index in [2.05, 4.69) is 16.2 Å². The lowest BCUT2D eigenvalue weighted by Crippen LogP contribution is -1.91. The van der Waals surface area contributed by atoms with E-state index in [9.17, 15) is 4.39 Å². The molecular formula is C14H8FN3OS. The van der Waals surface area contributed by atoms with Gasteiger partial charge in [-0.15, -0.1) is 11.3 Å². The first-order valence-corrected chi connectivity index (χ1v) is 6.63. The molecule has 0 N–H and O–H groups in total. The minimum Gasteiger partial charge on any atom is -0.333 e. The van der Waals surface area contributed by atoms with Crippen molar-refractivity contribution in [2.45, 2.75) is 6.42 Å². The molecule has 0 unspecified atom stereocenters. The topological polar surface area (TPSA) is 62.7 Å². The molecule has 2 heterocycles. The summed E-state index contributed by atoms with van der Waals surface area (Å²) in [5.74, 6) is 0.573. The van der Waals surface area contributed by atoms with Gasteiger partial charge in [0.25, 0.3) is 5.89 Å². The molecule has 0 saturated heterocycles. The summed E-state index contributed by atoms with van der Waals surface area (Å²) in [6.07, 6.45) is 0.401. The largest absolute Gasteiger partial charge is 0.333 e. The number of hydrogen-bond donors (Lipinski definition) is 0. The average Bonchev–Trinajstić information content (AvgIpc) is 3.07. The van der Waals surface area contributed by atoms with E-state index in [-0.39, 0.29) is 5.82 Å². The van der Waals surface area contributed by atoms with Crippen LogP contribution in [0.25, 0.3) is 10.8 Å². The molecule has 98 valence electrons. The number of nitrogens with zero attached hydrogens (tertiary/aromatic N) is 3. The maximum absolute atomic E-state index is 13.1. The van der Waals surface area contributed by atoms with E-state index in [0.29, 0.717) is 23.0 Å². The highest BCUT2D eigenvalue weighted by atomic mass is 32.1. The van der Waals surface area contributed by atoms with E-state index in [1.54, 1.807) is 24.3 Å². The average molecular weight is 285 g/mol. The molecule has 0 aliphatic carbocycles. The zero-order valence-corrected chi connectivity index (χ0v) is 11.0. The van der Waals surface area contributed by atoms with Crippen LogP contribution < -0.4 is 0 Å². The zero-order valence-electron chi connectivity index (χ0n) is 10.2. The Morgan fingerprint density at radius 2 is 2.20 bits per heavy atom. The first-order chi connectivity index (χ1) is 9.74. The van der Waals surface area contributed by atoms with Crippen molar-refractivity contribution in [1.82, 2.24) is 10.1 Å². The molecule has 3 aromatic rings. The molecule has 0 aliphatic heterocycles. The van der Waals surface area contributed by atoms with Gasteiger partial charge >= 0.3 is 0 Å². The number of hydrogen-bond acceptors (Lipinski definition) is 5. The van der Waals surface area contributed by atoms with Crippen LogP contribution in [-0.2, 0) is 6.42 Å². The summed E-state index contributed by atoms with van der Waals surface area (Å²) in [6, 6.07) is 11.8. The molecule has 0 spiro atoms. The molecule has 0 amide bonds. The molecule has 0 aliphatic rings. The van der Waals surface area contributed by atoms with Gasteiger partial charge in [-0.05, 0) is 29.8 Å². The van der Waals surface area contributed by atoms with Gasteiger partial charge in [-0.25, -0.2) is 4.39 Å². The Morgan fingerprint density at radius 1 is 1.30 bits per heavy atom. The van der Waals surface area contributed by atoms with Crippen LogP contribution in [-0.4, -0.2) is 10.1 Å². The number of nitriles is 1. The Labute approximate surface area is 118 Å². The Morgan fingerprint density at radius 3 is 2.95 bits per heavy atom. The van der Waals surface area contributed by atoms with Crippen molar-refractivity contribution in [3.05, 3.63) is 58.5 Å². The quantitative estimate of drug-likeness (QED) is 0.740.